The number of nitrogens with zero attached hydrogens (tertiary/aromatic N) is 3. The van der Waals surface area contributed by atoms with E-state index >= 15 is 0 Å². The highest BCUT2D eigenvalue weighted by Gasteiger charge is 2.10. The lowest BCUT2D eigenvalue weighted by Gasteiger charge is -2.11. The predicted octanol–water partition coefficient (Wildman–Crippen LogP) is 3.05. The van der Waals surface area contributed by atoms with Gasteiger partial charge in [-0.15, -0.1) is 10.2 Å². The van der Waals surface area contributed by atoms with Crippen LogP contribution in [-0.4, -0.2) is 22.1 Å². The van der Waals surface area contributed by atoms with E-state index in [1.807, 2.05) is 43.3 Å². The van der Waals surface area contributed by atoms with Crippen LogP contribution in [0.4, 0.5) is 0 Å². The van der Waals surface area contributed by atoms with Gasteiger partial charge < -0.3 is 4.74 Å². The summed E-state index contributed by atoms with van der Waals surface area (Å²) in [6, 6.07) is 11.8. The Balaban J connectivity index is 2.18. The second-order valence-corrected chi connectivity index (χ2v) is 4.52. The first-order valence-corrected chi connectivity index (χ1v) is 6.17. The van der Waals surface area contributed by atoms with E-state index in [4.69, 9.17) is 4.74 Å². The second-order valence-electron chi connectivity index (χ2n) is 4.52. The maximum atomic E-state index is 5.33. The van der Waals surface area contributed by atoms with Crippen LogP contribution in [-0.2, 0) is 0 Å². The first-order valence-electron chi connectivity index (χ1n) is 6.17. The van der Waals surface area contributed by atoms with Crippen molar-refractivity contribution in [3.05, 3.63) is 47.5 Å². The molecule has 3 rings (SSSR count). The van der Waals surface area contributed by atoms with Crippen LogP contribution < -0.4 is 4.74 Å². The van der Waals surface area contributed by atoms with Gasteiger partial charge in [0, 0.05) is 0 Å². The number of aromatic nitrogens is 3. The molecule has 0 aliphatic heterocycles. The van der Waals surface area contributed by atoms with Crippen molar-refractivity contribution < 1.29 is 4.74 Å². The van der Waals surface area contributed by atoms with Gasteiger partial charge in [-0.1, -0.05) is 12.1 Å². The Bertz CT molecular complexity index is 713. The van der Waals surface area contributed by atoms with Crippen molar-refractivity contribution in [2.75, 3.05) is 7.11 Å². The zero-order valence-corrected chi connectivity index (χ0v) is 11.2. The highest BCUT2D eigenvalue weighted by atomic mass is 16.5. The molecule has 3 aromatic rings. The highest BCUT2D eigenvalue weighted by molar-refractivity contribution is 5.73. The minimum atomic E-state index is 0.887. The summed E-state index contributed by atoms with van der Waals surface area (Å²) >= 11 is 0. The topological polar surface area (TPSA) is 39.9 Å². The van der Waals surface area contributed by atoms with E-state index in [9.17, 15) is 0 Å². The van der Waals surface area contributed by atoms with E-state index in [0.717, 1.165) is 33.6 Å². The van der Waals surface area contributed by atoms with Crippen LogP contribution in [0.3, 0.4) is 0 Å². The van der Waals surface area contributed by atoms with Crippen LogP contribution in [0.5, 0.6) is 5.75 Å². The number of ether oxygens (including phenoxy) is 1. The number of benzene rings is 2. The van der Waals surface area contributed by atoms with Gasteiger partial charge in [0.15, 0.2) is 0 Å². The van der Waals surface area contributed by atoms with Crippen molar-refractivity contribution in [1.29, 1.82) is 0 Å². The van der Waals surface area contributed by atoms with Crippen LogP contribution in [0.25, 0.3) is 16.7 Å². The summed E-state index contributed by atoms with van der Waals surface area (Å²) < 4.78 is 5.33. The summed E-state index contributed by atoms with van der Waals surface area (Å²) in [7, 11) is 1.68. The molecule has 0 amide bonds. The summed E-state index contributed by atoms with van der Waals surface area (Å²) in [5.74, 6) is 0.887. The predicted molar refractivity (Wildman–Crippen MR) is 74.9 cm³/mol. The van der Waals surface area contributed by atoms with Crippen LogP contribution in [0, 0.1) is 13.8 Å². The average Bonchev–Trinajstić information content (AvgIpc) is 2.85. The van der Waals surface area contributed by atoms with Gasteiger partial charge in [-0.25, -0.2) is 0 Å². The quantitative estimate of drug-likeness (QED) is 0.704. The highest BCUT2D eigenvalue weighted by Crippen LogP contribution is 2.26. The number of hydrogen-bond acceptors (Lipinski definition) is 3. The molecule has 96 valence electrons. The molecular formula is C15H15N3O. The van der Waals surface area contributed by atoms with Crippen molar-refractivity contribution in [2.24, 2.45) is 0 Å². The smallest absolute Gasteiger partial charge is 0.122 e. The average molecular weight is 253 g/mol. The van der Waals surface area contributed by atoms with Gasteiger partial charge in [-0.3, -0.25) is 0 Å². The Morgan fingerprint density at radius 1 is 0.895 bits per heavy atom. The van der Waals surface area contributed by atoms with E-state index in [1.165, 1.54) is 0 Å². The minimum Gasteiger partial charge on any atom is -0.496 e. The van der Waals surface area contributed by atoms with Gasteiger partial charge in [0.05, 0.1) is 12.8 Å². The SMILES string of the molecule is COc1ccc(-n2nc3ccccc3n2)c(C)c1C. The first kappa shape index (κ1) is 11.7. The maximum Gasteiger partial charge on any atom is 0.122 e. The molecule has 0 fully saturated rings. The van der Waals surface area contributed by atoms with Gasteiger partial charge in [0.25, 0.3) is 0 Å². The molecule has 2 aromatic carbocycles. The maximum absolute atomic E-state index is 5.33. The van der Waals surface area contributed by atoms with Crippen molar-refractivity contribution in [3.63, 3.8) is 0 Å². The monoisotopic (exact) mass is 253 g/mol. The van der Waals surface area contributed by atoms with Crippen molar-refractivity contribution in [2.45, 2.75) is 13.8 Å². The fraction of sp³-hybridized carbons (Fsp3) is 0.200. The van der Waals surface area contributed by atoms with Crippen LogP contribution in [0.1, 0.15) is 11.1 Å². The van der Waals surface area contributed by atoms with Crippen LogP contribution in [0.15, 0.2) is 36.4 Å². The fourth-order valence-corrected chi connectivity index (χ4v) is 2.19. The van der Waals surface area contributed by atoms with E-state index in [2.05, 4.69) is 17.1 Å². The number of hydrogen-bond donors (Lipinski definition) is 0. The molecule has 0 bridgehead atoms. The van der Waals surface area contributed by atoms with Crippen LogP contribution >= 0.6 is 0 Å². The molecule has 0 saturated heterocycles. The summed E-state index contributed by atoms with van der Waals surface area (Å²) in [5, 5.41) is 9.01. The van der Waals surface area contributed by atoms with E-state index in [-0.39, 0.29) is 0 Å². The minimum absolute atomic E-state index is 0.887. The summed E-state index contributed by atoms with van der Waals surface area (Å²) in [5.41, 5.74) is 5.02. The van der Waals surface area contributed by atoms with Gasteiger partial charge in [0.2, 0.25) is 0 Å². The molecule has 0 aliphatic rings. The Morgan fingerprint density at radius 2 is 1.53 bits per heavy atom. The molecule has 0 atom stereocenters. The number of fused-ring (bicyclic) bond motifs is 1. The van der Waals surface area contributed by atoms with Crippen molar-refractivity contribution >= 4 is 11.0 Å². The molecule has 0 radical (unpaired) electrons. The Morgan fingerprint density at radius 3 is 2.11 bits per heavy atom. The third-order valence-electron chi connectivity index (χ3n) is 3.43. The largest absolute Gasteiger partial charge is 0.496 e. The molecule has 0 N–H and O–H groups in total. The molecule has 0 saturated carbocycles. The molecule has 1 aromatic heterocycles. The molecule has 1 heterocycles. The number of rotatable bonds is 2. The lowest BCUT2D eigenvalue weighted by molar-refractivity contribution is 0.411. The third-order valence-corrected chi connectivity index (χ3v) is 3.43. The molecule has 0 spiro atoms. The molecule has 4 heteroatoms. The molecule has 0 unspecified atom stereocenters. The molecule has 19 heavy (non-hydrogen) atoms. The zero-order chi connectivity index (χ0) is 13.4. The normalized spacial score (nSPS) is 10.9. The Hall–Kier alpha value is -2.36. The molecular weight excluding hydrogens is 238 g/mol. The summed E-state index contributed by atoms with van der Waals surface area (Å²) in [6.07, 6.45) is 0. The number of methoxy groups -OCH3 is 1. The van der Waals surface area contributed by atoms with Crippen molar-refractivity contribution in [1.82, 2.24) is 15.0 Å². The van der Waals surface area contributed by atoms with Crippen LogP contribution in [0.2, 0.25) is 0 Å². The zero-order valence-electron chi connectivity index (χ0n) is 11.2. The molecule has 0 aliphatic carbocycles. The first-order chi connectivity index (χ1) is 9.20. The fourth-order valence-electron chi connectivity index (χ4n) is 2.19. The van der Waals surface area contributed by atoms with Crippen molar-refractivity contribution in [3.8, 4) is 11.4 Å². The third kappa shape index (κ3) is 1.85. The van der Waals surface area contributed by atoms with E-state index in [0.29, 0.717) is 0 Å². The van der Waals surface area contributed by atoms with Gasteiger partial charge in [-0.05, 0) is 49.2 Å². The molecule has 4 nitrogen and oxygen atoms in total. The second kappa shape index (κ2) is 4.39. The Labute approximate surface area is 111 Å². The standard InChI is InChI=1S/C15H15N3O/c1-10-11(2)15(19-3)9-8-14(10)18-16-12-6-4-5-7-13(12)17-18/h4-9H,1-3H3. The van der Waals surface area contributed by atoms with E-state index < -0.39 is 0 Å². The van der Waals surface area contributed by atoms with Gasteiger partial charge >= 0.3 is 0 Å². The lowest BCUT2D eigenvalue weighted by atomic mass is 10.1. The van der Waals surface area contributed by atoms with Gasteiger partial charge in [-0.2, -0.15) is 4.80 Å². The summed E-state index contributed by atoms with van der Waals surface area (Å²) in [6.45, 7) is 4.10. The summed E-state index contributed by atoms with van der Waals surface area (Å²) in [4.78, 5) is 1.69. The Kier molecular flexibility index (Phi) is 2.71. The lowest BCUT2D eigenvalue weighted by Crippen LogP contribution is -2.03. The van der Waals surface area contributed by atoms with E-state index in [1.54, 1.807) is 11.9 Å². The van der Waals surface area contributed by atoms with Gasteiger partial charge in [0.1, 0.15) is 16.8 Å².